The van der Waals surface area contributed by atoms with Crippen LogP contribution in [-0.2, 0) is 4.79 Å². The van der Waals surface area contributed by atoms with Gasteiger partial charge in [-0.05, 0) is 23.9 Å². The molecule has 11 heavy (non-hydrogen) atoms. The monoisotopic (exact) mass is 164 g/mol. The number of hydrogen-bond donors (Lipinski definition) is 0. The van der Waals surface area contributed by atoms with Gasteiger partial charge in [0.2, 0.25) is 0 Å². The molecule has 56 valence electrons. The molecule has 0 atom stereocenters. The van der Waals surface area contributed by atoms with Gasteiger partial charge < -0.3 is 0 Å². The molecule has 0 bridgehead atoms. The predicted molar refractivity (Wildman–Crippen MR) is 46.7 cm³/mol. The summed E-state index contributed by atoms with van der Waals surface area (Å²) in [6.07, 6.45) is 2.62. The van der Waals surface area contributed by atoms with E-state index in [1.165, 1.54) is 5.56 Å². The van der Waals surface area contributed by atoms with E-state index in [0.717, 1.165) is 10.5 Å². The van der Waals surface area contributed by atoms with Gasteiger partial charge in [0, 0.05) is 16.9 Å². The van der Waals surface area contributed by atoms with Gasteiger partial charge in [0.25, 0.3) is 0 Å². The van der Waals surface area contributed by atoms with E-state index >= 15 is 0 Å². The van der Waals surface area contributed by atoms with Crippen molar-refractivity contribution in [3.05, 3.63) is 28.0 Å². The second kappa shape index (κ2) is 2.31. The molecule has 2 heteroatoms. The highest BCUT2D eigenvalue weighted by atomic mass is 32.1. The van der Waals surface area contributed by atoms with E-state index in [0.29, 0.717) is 6.42 Å². The van der Waals surface area contributed by atoms with E-state index in [2.05, 4.69) is 11.4 Å². The molecule has 1 aliphatic rings. The Labute approximate surface area is 69.4 Å². The van der Waals surface area contributed by atoms with Crippen molar-refractivity contribution in [2.45, 2.75) is 13.3 Å². The number of allylic oxidation sites excluding steroid dienone is 2. The van der Waals surface area contributed by atoms with E-state index in [-0.39, 0.29) is 5.78 Å². The maximum absolute atomic E-state index is 11.0. The molecule has 0 saturated heterocycles. The molecule has 1 nitrogen and oxygen atoms in total. The molecule has 0 aliphatic heterocycles. The first-order valence-electron chi connectivity index (χ1n) is 3.56. The molecule has 0 unspecified atom stereocenters. The number of thiophene rings is 1. The van der Waals surface area contributed by atoms with Crippen molar-refractivity contribution in [1.82, 2.24) is 0 Å². The summed E-state index contributed by atoms with van der Waals surface area (Å²) in [6, 6.07) is 2.06. The first-order chi connectivity index (χ1) is 5.27. The summed E-state index contributed by atoms with van der Waals surface area (Å²) >= 11 is 1.65. The number of hydrogen-bond acceptors (Lipinski definition) is 2. The molecule has 0 saturated carbocycles. The lowest BCUT2D eigenvalue weighted by Crippen LogP contribution is -2.07. The van der Waals surface area contributed by atoms with Crippen LogP contribution in [0.5, 0.6) is 0 Å². The fourth-order valence-electron chi connectivity index (χ4n) is 1.10. The summed E-state index contributed by atoms with van der Waals surface area (Å²) in [6.45, 7) is 2.05. The molecule has 1 aliphatic carbocycles. The second-order valence-electron chi connectivity index (χ2n) is 2.73. The number of ketones is 1. The van der Waals surface area contributed by atoms with Crippen LogP contribution < -0.4 is 0 Å². The van der Waals surface area contributed by atoms with Crippen LogP contribution in [0, 0.1) is 6.92 Å². The summed E-state index contributed by atoms with van der Waals surface area (Å²) in [4.78, 5) is 12.1. The minimum Gasteiger partial charge on any atom is -0.294 e. The molecule has 0 spiro atoms. The Kier molecular flexibility index (Phi) is 1.43. The van der Waals surface area contributed by atoms with Crippen molar-refractivity contribution in [2.24, 2.45) is 0 Å². The lowest BCUT2D eigenvalue weighted by Gasteiger charge is -2.09. The van der Waals surface area contributed by atoms with Crippen molar-refractivity contribution in [3.63, 3.8) is 0 Å². The largest absolute Gasteiger partial charge is 0.294 e. The minimum atomic E-state index is 0.284. The summed E-state index contributed by atoms with van der Waals surface area (Å²) in [5.41, 5.74) is 2.16. The van der Waals surface area contributed by atoms with Gasteiger partial charge >= 0.3 is 0 Å². The van der Waals surface area contributed by atoms with Crippen molar-refractivity contribution in [2.75, 3.05) is 0 Å². The lowest BCUT2D eigenvalue weighted by molar-refractivity contribution is -0.114. The number of Topliss-reactive ketones (excluding diaryl/α,β-unsaturated/α-hetero) is 1. The highest BCUT2D eigenvalue weighted by molar-refractivity contribution is 7.11. The third-order valence-corrected chi connectivity index (χ3v) is 2.87. The maximum atomic E-state index is 11.0. The van der Waals surface area contributed by atoms with Crippen LogP contribution in [0.3, 0.4) is 0 Å². The quantitative estimate of drug-likeness (QED) is 0.623. The molecule has 1 aromatic rings. The zero-order chi connectivity index (χ0) is 7.84. The van der Waals surface area contributed by atoms with Crippen LogP contribution in [-0.4, -0.2) is 5.78 Å². The topological polar surface area (TPSA) is 17.1 Å². The first kappa shape index (κ1) is 6.80. The van der Waals surface area contributed by atoms with Crippen LogP contribution in [0.15, 0.2) is 17.5 Å². The van der Waals surface area contributed by atoms with E-state index in [1.54, 1.807) is 11.3 Å². The van der Waals surface area contributed by atoms with Crippen LogP contribution >= 0.6 is 11.3 Å². The standard InChI is InChI=1S/C9H8OS/c1-6-4-9(11-5-6)7-2-3-8(7)10/h2,4-5H,3H2,1H3. The SMILES string of the molecule is Cc1csc(C2=CCC2=O)c1. The Balaban J connectivity index is 2.37. The normalized spacial score (nSPS) is 16.1. The average molecular weight is 164 g/mol. The zero-order valence-corrected chi connectivity index (χ0v) is 7.07. The molecule has 0 radical (unpaired) electrons. The van der Waals surface area contributed by atoms with Gasteiger partial charge in [-0.15, -0.1) is 11.3 Å². The van der Waals surface area contributed by atoms with Gasteiger partial charge in [0.05, 0.1) is 0 Å². The summed E-state index contributed by atoms with van der Waals surface area (Å²) < 4.78 is 0. The number of carbonyl (C=O) groups excluding carboxylic acids is 1. The van der Waals surface area contributed by atoms with Gasteiger partial charge in [-0.3, -0.25) is 4.79 Å². The minimum absolute atomic E-state index is 0.284. The predicted octanol–water partition coefficient (Wildman–Crippen LogP) is 2.41. The van der Waals surface area contributed by atoms with Gasteiger partial charge in [0.1, 0.15) is 0 Å². The molecule has 0 amide bonds. The first-order valence-corrected chi connectivity index (χ1v) is 4.44. The van der Waals surface area contributed by atoms with Crippen LogP contribution in [0.2, 0.25) is 0 Å². The second-order valence-corrected chi connectivity index (χ2v) is 3.64. The van der Waals surface area contributed by atoms with Gasteiger partial charge in [-0.1, -0.05) is 6.08 Å². The maximum Gasteiger partial charge on any atom is 0.167 e. The van der Waals surface area contributed by atoms with Crippen molar-refractivity contribution in [1.29, 1.82) is 0 Å². The van der Waals surface area contributed by atoms with Crippen LogP contribution in [0.4, 0.5) is 0 Å². The van der Waals surface area contributed by atoms with Crippen molar-refractivity contribution < 1.29 is 4.79 Å². The molecule has 0 N–H and O–H groups in total. The van der Waals surface area contributed by atoms with Crippen molar-refractivity contribution in [3.8, 4) is 0 Å². The van der Waals surface area contributed by atoms with Crippen LogP contribution in [0.1, 0.15) is 16.9 Å². The Morgan fingerprint density at radius 2 is 2.36 bits per heavy atom. The Bertz CT molecular complexity index is 333. The fraction of sp³-hybridized carbons (Fsp3) is 0.222. The highest BCUT2D eigenvalue weighted by Gasteiger charge is 2.19. The summed E-state index contributed by atoms with van der Waals surface area (Å²) in [7, 11) is 0. The number of rotatable bonds is 1. The summed E-state index contributed by atoms with van der Waals surface area (Å²) in [5.74, 6) is 0.284. The molecule has 1 aromatic heterocycles. The number of aryl methyl sites for hydroxylation is 1. The zero-order valence-electron chi connectivity index (χ0n) is 6.26. The lowest BCUT2D eigenvalue weighted by atomic mass is 9.96. The Hall–Kier alpha value is -0.890. The summed E-state index contributed by atoms with van der Waals surface area (Å²) in [5, 5.41) is 2.07. The molecular weight excluding hydrogens is 156 g/mol. The third-order valence-electron chi connectivity index (χ3n) is 1.79. The molecular formula is C9H8OS. The Morgan fingerprint density at radius 3 is 2.73 bits per heavy atom. The van der Waals surface area contributed by atoms with Gasteiger partial charge in [-0.25, -0.2) is 0 Å². The average Bonchev–Trinajstić information content (AvgIpc) is 2.33. The Morgan fingerprint density at radius 1 is 1.55 bits per heavy atom. The highest BCUT2D eigenvalue weighted by Crippen LogP contribution is 2.29. The molecule has 0 aromatic carbocycles. The van der Waals surface area contributed by atoms with E-state index in [4.69, 9.17) is 0 Å². The van der Waals surface area contributed by atoms with E-state index < -0.39 is 0 Å². The van der Waals surface area contributed by atoms with Crippen molar-refractivity contribution >= 4 is 22.7 Å². The molecule has 0 fully saturated rings. The smallest absolute Gasteiger partial charge is 0.167 e. The molecule has 1 heterocycles. The third kappa shape index (κ3) is 1.03. The van der Waals surface area contributed by atoms with Gasteiger partial charge in [-0.2, -0.15) is 0 Å². The number of carbonyl (C=O) groups is 1. The fourth-order valence-corrected chi connectivity index (χ4v) is 2.06. The molecule has 2 rings (SSSR count). The van der Waals surface area contributed by atoms with Crippen LogP contribution in [0.25, 0.3) is 5.57 Å². The van der Waals surface area contributed by atoms with E-state index in [9.17, 15) is 4.79 Å². The van der Waals surface area contributed by atoms with Gasteiger partial charge in [0.15, 0.2) is 5.78 Å². The van der Waals surface area contributed by atoms with E-state index in [1.807, 2.05) is 13.0 Å².